The van der Waals surface area contributed by atoms with Gasteiger partial charge in [0.1, 0.15) is 18.0 Å². The standard InChI is InChI=1S/C29H39N9O/c1-6-37(7-2)17-9-8-16-30-26-18-27(32-20-31-26)36(5)29(39)34-24-14-11-15-25-28(24)22(4)35-38(25)19-23-13-10-12-21(3)33-23/h10-15,18,20H,6-9,16-17,19H2,1-5H3,(H,34,39)(H,30,31,32). The molecule has 2 amide bonds. The summed E-state index contributed by atoms with van der Waals surface area (Å²) in [5.41, 5.74) is 4.38. The van der Waals surface area contributed by atoms with Crippen LogP contribution in [-0.2, 0) is 6.54 Å². The van der Waals surface area contributed by atoms with E-state index in [4.69, 9.17) is 5.10 Å². The van der Waals surface area contributed by atoms with Gasteiger partial charge in [0.25, 0.3) is 0 Å². The van der Waals surface area contributed by atoms with E-state index in [2.05, 4.69) is 44.3 Å². The highest BCUT2D eigenvalue weighted by Gasteiger charge is 2.17. The maximum absolute atomic E-state index is 13.2. The van der Waals surface area contributed by atoms with Gasteiger partial charge >= 0.3 is 6.03 Å². The number of nitrogens with one attached hydrogen (secondary N) is 2. The van der Waals surface area contributed by atoms with Crippen LogP contribution in [0.2, 0.25) is 0 Å². The summed E-state index contributed by atoms with van der Waals surface area (Å²) in [4.78, 5) is 30.4. The zero-order valence-electron chi connectivity index (χ0n) is 23.6. The van der Waals surface area contributed by atoms with Crippen molar-refractivity contribution >= 4 is 34.3 Å². The molecule has 0 fully saturated rings. The smallest absolute Gasteiger partial charge is 0.327 e. The molecule has 0 spiro atoms. The number of aryl methyl sites for hydroxylation is 2. The minimum atomic E-state index is -0.293. The van der Waals surface area contributed by atoms with E-state index in [0.29, 0.717) is 23.9 Å². The molecule has 0 bridgehead atoms. The van der Waals surface area contributed by atoms with Crippen LogP contribution < -0.4 is 15.5 Å². The molecule has 0 radical (unpaired) electrons. The second-order valence-corrected chi connectivity index (χ2v) is 9.62. The van der Waals surface area contributed by atoms with E-state index in [1.165, 1.54) is 11.2 Å². The molecular formula is C29H39N9O. The number of carbonyl (C=O) groups excluding carboxylic acids is 1. The maximum Gasteiger partial charge on any atom is 0.327 e. The first-order valence-corrected chi connectivity index (χ1v) is 13.6. The predicted molar refractivity (Wildman–Crippen MR) is 158 cm³/mol. The molecule has 10 heteroatoms. The van der Waals surface area contributed by atoms with Crippen LogP contribution in [0.1, 0.15) is 43.8 Å². The number of unbranched alkanes of at least 4 members (excludes halogenated alkanes) is 1. The highest BCUT2D eigenvalue weighted by atomic mass is 16.2. The van der Waals surface area contributed by atoms with E-state index in [1.807, 2.05) is 54.9 Å². The van der Waals surface area contributed by atoms with Gasteiger partial charge in [-0.2, -0.15) is 5.10 Å². The number of anilines is 3. The second kappa shape index (κ2) is 13.1. The first kappa shape index (κ1) is 28.0. The third-order valence-corrected chi connectivity index (χ3v) is 6.86. The number of carbonyl (C=O) groups is 1. The lowest BCUT2D eigenvalue weighted by molar-refractivity contribution is 0.258. The van der Waals surface area contributed by atoms with Crippen molar-refractivity contribution in [3.8, 4) is 0 Å². The number of aromatic nitrogens is 5. The number of amides is 2. The van der Waals surface area contributed by atoms with Gasteiger partial charge in [-0.05, 0) is 70.6 Å². The molecule has 0 atom stereocenters. The Balaban J connectivity index is 1.41. The molecule has 1 aromatic carbocycles. The number of hydrogen-bond donors (Lipinski definition) is 2. The molecular weight excluding hydrogens is 490 g/mol. The van der Waals surface area contributed by atoms with Crippen LogP contribution in [0.25, 0.3) is 10.9 Å². The van der Waals surface area contributed by atoms with Crippen molar-refractivity contribution in [1.29, 1.82) is 0 Å². The zero-order valence-corrected chi connectivity index (χ0v) is 23.6. The fourth-order valence-corrected chi connectivity index (χ4v) is 4.63. The summed E-state index contributed by atoms with van der Waals surface area (Å²) < 4.78 is 1.93. The Bertz CT molecular complexity index is 1400. The van der Waals surface area contributed by atoms with Gasteiger partial charge in [0.2, 0.25) is 0 Å². The van der Waals surface area contributed by atoms with Crippen molar-refractivity contribution in [3.63, 3.8) is 0 Å². The number of benzene rings is 1. The highest BCUT2D eigenvalue weighted by molar-refractivity contribution is 6.07. The van der Waals surface area contributed by atoms with Gasteiger partial charge in [0.15, 0.2) is 0 Å². The van der Waals surface area contributed by atoms with Gasteiger partial charge in [-0.15, -0.1) is 0 Å². The van der Waals surface area contributed by atoms with Gasteiger partial charge < -0.3 is 15.5 Å². The van der Waals surface area contributed by atoms with E-state index in [1.54, 1.807) is 13.1 Å². The molecule has 4 rings (SSSR count). The fraction of sp³-hybridized carbons (Fsp3) is 0.414. The van der Waals surface area contributed by atoms with E-state index < -0.39 is 0 Å². The van der Waals surface area contributed by atoms with Crippen LogP contribution in [0.3, 0.4) is 0 Å². The molecule has 206 valence electrons. The Hall–Kier alpha value is -4.05. The summed E-state index contributed by atoms with van der Waals surface area (Å²) in [5.74, 6) is 1.21. The number of rotatable bonds is 12. The molecule has 2 N–H and O–H groups in total. The predicted octanol–water partition coefficient (Wildman–Crippen LogP) is 5.09. The summed E-state index contributed by atoms with van der Waals surface area (Å²) in [5, 5.41) is 12.0. The van der Waals surface area contributed by atoms with Crippen molar-refractivity contribution in [3.05, 3.63) is 65.9 Å². The SMILES string of the molecule is CCN(CC)CCCCNc1cc(N(C)C(=O)Nc2cccc3c2c(C)nn3Cc2cccc(C)n2)ncn1. The number of nitrogens with zero attached hydrogens (tertiary/aromatic N) is 7. The molecule has 3 aromatic heterocycles. The minimum absolute atomic E-state index is 0.293. The molecule has 4 aromatic rings. The molecule has 0 aliphatic carbocycles. The largest absolute Gasteiger partial charge is 0.370 e. The Labute approximate surface area is 230 Å². The Kier molecular flexibility index (Phi) is 9.43. The lowest BCUT2D eigenvalue weighted by atomic mass is 10.1. The molecule has 3 heterocycles. The van der Waals surface area contributed by atoms with Gasteiger partial charge in [-0.25, -0.2) is 14.8 Å². The first-order chi connectivity index (χ1) is 18.9. The number of hydrogen-bond acceptors (Lipinski definition) is 7. The van der Waals surface area contributed by atoms with E-state index >= 15 is 0 Å². The molecule has 0 saturated carbocycles. The first-order valence-electron chi connectivity index (χ1n) is 13.6. The summed E-state index contributed by atoms with van der Waals surface area (Å²) in [7, 11) is 1.70. The van der Waals surface area contributed by atoms with E-state index in [9.17, 15) is 4.79 Å². The summed E-state index contributed by atoms with van der Waals surface area (Å²) in [6.45, 7) is 12.9. The van der Waals surface area contributed by atoms with Crippen LogP contribution in [0.5, 0.6) is 0 Å². The zero-order chi connectivity index (χ0) is 27.8. The third kappa shape index (κ3) is 7.08. The van der Waals surface area contributed by atoms with E-state index in [-0.39, 0.29) is 6.03 Å². The van der Waals surface area contributed by atoms with Crippen molar-refractivity contribution in [1.82, 2.24) is 29.6 Å². The van der Waals surface area contributed by atoms with Crippen LogP contribution in [0.4, 0.5) is 22.1 Å². The summed E-state index contributed by atoms with van der Waals surface area (Å²) in [6, 6.07) is 13.3. The quantitative estimate of drug-likeness (QED) is 0.246. The van der Waals surface area contributed by atoms with Crippen LogP contribution >= 0.6 is 0 Å². The van der Waals surface area contributed by atoms with Gasteiger partial charge in [-0.3, -0.25) is 14.6 Å². The molecule has 0 saturated heterocycles. The minimum Gasteiger partial charge on any atom is -0.370 e. The molecule has 0 aliphatic rings. The highest BCUT2D eigenvalue weighted by Crippen LogP contribution is 2.28. The van der Waals surface area contributed by atoms with E-state index in [0.717, 1.165) is 67.0 Å². The number of urea groups is 1. The van der Waals surface area contributed by atoms with Crippen LogP contribution in [0.15, 0.2) is 48.8 Å². The van der Waals surface area contributed by atoms with Crippen LogP contribution in [0, 0.1) is 13.8 Å². The lowest BCUT2D eigenvalue weighted by Gasteiger charge is -2.19. The van der Waals surface area contributed by atoms with Gasteiger partial charge in [-0.1, -0.05) is 26.0 Å². The van der Waals surface area contributed by atoms with Crippen molar-refractivity contribution in [2.24, 2.45) is 0 Å². The Morgan fingerprint density at radius 1 is 1.03 bits per heavy atom. The summed E-state index contributed by atoms with van der Waals surface area (Å²) in [6.07, 6.45) is 3.65. The fourth-order valence-electron chi connectivity index (χ4n) is 4.63. The van der Waals surface area contributed by atoms with Crippen LogP contribution in [-0.4, -0.2) is 68.9 Å². The molecule has 39 heavy (non-hydrogen) atoms. The monoisotopic (exact) mass is 529 g/mol. The molecule has 0 unspecified atom stereocenters. The third-order valence-electron chi connectivity index (χ3n) is 6.86. The summed E-state index contributed by atoms with van der Waals surface area (Å²) >= 11 is 0. The Morgan fingerprint density at radius 2 is 1.82 bits per heavy atom. The Morgan fingerprint density at radius 3 is 2.59 bits per heavy atom. The van der Waals surface area contributed by atoms with Crippen molar-refractivity contribution < 1.29 is 4.79 Å². The van der Waals surface area contributed by atoms with Gasteiger partial charge in [0, 0.05) is 30.7 Å². The second-order valence-electron chi connectivity index (χ2n) is 9.62. The average Bonchev–Trinajstić information content (AvgIpc) is 3.26. The number of pyridine rings is 1. The topological polar surface area (TPSA) is 104 Å². The normalized spacial score (nSPS) is 11.2. The van der Waals surface area contributed by atoms with Crippen molar-refractivity contribution in [2.45, 2.75) is 47.1 Å². The maximum atomic E-state index is 13.2. The molecule has 10 nitrogen and oxygen atoms in total. The van der Waals surface area contributed by atoms with Gasteiger partial charge in [0.05, 0.1) is 29.1 Å². The average molecular weight is 530 g/mol. The van der Waals surface area contributed by atoms with Crippen molar-refractivity contribution in [2.75, 3.05) is 48.8 Å². The molecule has 0 aliphatic heterocycles. The number of fused-ring (bicyclic) bond motifs is 1. The lowest BCUT2D eigenvalue weighted by Crippen LogP contribution is -2.32.